The summed E-state index contributed by atoms with van der Waals surface area (Å²) in [5.41, 5.74) is 7.93. The maximum Gasteiger partial charge on any atom is 0.252 e. The van der Waals surface area contributed by atoms with Gasteiger partial charge in [-0.2, -0.15) is 5.26 Å². The van der Waals surface area contributed by atoms with Crippen molar-refractivity contribution in [3.63, 3.8) is 0 Å². The Kier molecular flexibility index (Phi) is 6.44. The lowest BCUT2D eigenvalue weighted by Crippen LogP contribution is -2.39. The summed E-state index contributed by atoms with van der Waals surface area (Å²) in [5.74, 6) is 1.77. The van der Waals surface area contributed by atoms with E-state index in [1.54, 1.807) is 24.5 Å². The molecule has 2 atom stereocenters. The molecule has 3 aromatic rings. The molecular weight excluding hydrogens is 494 g/mol. The van der Waals surface area contributed by atoms with Crippen molar-refractivity contribution >= 4 is 40.6 Å². The lowest BCUT2D eigenvalue weighted by molar-refractivity contribution is -0.121. The van der Waals surface area contributed by atoms with E-state index in [2.05, 4.69) is 36.6 Å². The zero-order valence-electron chi connectivity index (χ0n) is 21.4. The number of rotatable bonds is 7. The summed E-state index contributed by atoms with van der Waals surface area (Å²) in [5, 5.41) is 15.7. The molecule has 3 aliphatic rings. The van der Waals surface area contributed by atoms with Crippen molar-refractivity contribution in [1.29, 1.82) is 5.26 Å². The van der Waals surface area contributed by atoms with E-state index >= 15 is 0 Å². The Morgan fingerprint density at radius 2 is 1.82 bits per heavy atom. The molecule has 0 aromatic carbocycles. The number of hydrogen-bond acceptors (Lipinski definition) is 9. The SMILES string of the molecule is N#Cc1ccc(N2CCC(Nc3cc(Nc4ccc(N5C(=O)[C@@H]6CC[C@H]5C6)cn4)ncc3C(N)=O)CC2)nc1. The molecule has 11 heteroatoms. The van der Waals surface area contributed by atoms with Gasteiger partial charge in [-0.1, -0.05) is 0 Å². The van der Waals surface area contributed by atoms with Gasteiger partial charge in [0.05, 0.1) is 28.7 Å². The Balaban J connectivity index is 1.11. The van der Waals surface area contributed by atoms with Gasteiger partial charge in [-0.05, 0) is 56.4 Å². The van der Waals surface area contributed by atoms with Crippen molar-refractivity contribution in [2.24, 2.45) is 11.7 Å². The lowest BCUT2D eigenvalue weighted by atomic mass is 10.0. The van der Waals surface area contributed by atoms with Crippen LogP contribution in [0, 0.1) is 17.2 Å². The molecule has 0 spiro atoms. The third kappa shape index (κ3) is 4.93. The van der Waals surface area contributed by atoms with E-state index in [0.29, 0.717) is 28.5 Å². The van der Waals surface area contributed by atoms with Crippen LogP contribution in [0.25, 0.3) is 0 Å². The molecule has 0 unspecified atom stereocenters. The number of piperidine rings is 2. The van der Waals surface area contributed by atoms with Gasteiger partial charge in [-0.15, -0.1) is 0 Å². The average Bonchev–Trinajstić information content (AvgIpc) is 3.56. The van der Waals surface area contributed by atoms with Crippen molar-refractivity contribution in [3.05, 3.63) is 60.0 Å². The molecule has 2 aliphatic heterocycles. The zero-order chi connectivity index (χ0) is 26.9. The van der Waals surface area contributed by atoms with Crippen molar-refractivity contribution in [2.45, 2.75) is 44.2 Å². The van der Waals surface area contributed by atoms with Crippen LogP contribution in [0.3, 0.4) is 0 Å². The molecule has 11 nitrogen and oxygen atoms in total. The summed E-state index contributed by atoms with van der Waals surface area (Å²) >= 11 is 0. The van der Waals surface area contributed by atoms with Gasteiger partial charge in [0.2, 0.25) is 5.91 Å². The number of nitrogens with zero attached hydrogens (tertiary/aromatic N) is 6. The van der Waals surface area contributed by atoms with Gasteiger partial charge >= 0.3 is 0 Å². The van der Waals surface area contributed by atoms with E-state index < -0.39 is 5.91 Å². The molecule has 2 amide bonds. The Morgan fingerprint density at radius 1 is 1.00 bits per heavy atom. The molecule has 5 heterocycles. The van der Waals surface area contributed by atoms with E-state index in [4.69, 9.17) is 11.0 Å². The molecule has 1 saturated carbocycles. The second-order valence-corrected chi connectivity index (χ2v) is 10.3. The summed E-state index contributed by atoms with van der Waals surface area (Å²) < 4.78 is 0. The Bertz CT molecular complexity index is 1430. The van der Waals surface area contributed by atoms with E-state index in [9.17, 15) is 9.59 Å². The minimum absolute atomic E-state index is 0.138. The number of carbonyl (C=O) groups is 2. The second-order valence-electron chi connectivity index (χ2n) is 10.3. The fraction of sp³-hybridized carbons (Fsp3) is 0.357. The molecule has 198 valence electrons. The zero-order valence-corrected chi connectivity index (χ0v) is 21.4. The highest BCUT2D eigenvalue weighted by atomic mass is 16.2. The number of aromatic nitrogens is 3. The van der Waals surface area contributed by atoms with Crippen molar-refractivity contribution in [3.8, 4) is 6.07 Å². The summed E-state index contributed by atoms with van der Waals surface area (Å²) in [6, 6.07) is 11.7. The van der Waals surface area contributed by atoms with Crippen molar-refractivity contribution in [2.75, 3.05) is 33.5 Å². The molecule has 6 rings (SSSR count). The first kappa shape index (κ1) is 24.6. The van der Waals surface area contributed by atoms with Crippen LogP contribution in [0.2, 0.25) is 0 Å². The molecular formula is C28H29N9O2. The molecule has 4 N–H and O–H groups in total. The van der Waals surface area contributed by atoms with Gasteiger partial charge in [0.25, 0.3) is 5.91 Å². The maximum atomic E-state index is 12.6. The molecule has 1 aliphatic carbocycles. The molecule has 2 saturated heterocycles. The number of nitrogens with two attached hydrogens (primary N) is 1. The van der Waals surface area contributed by atoms with Crippen LogP contribution in [0.1, 0.15) is 48.0 Å². The first-order valence-corrected chi connectivity index (χ1v) is 13.2. The molecule has 0 radical (unpaired) electrons. The summed E-state index contributed by atoms with van der Waals surface area (Å²) in [6.07, 6.45) is 9.43. The van der Waals surface area contributed by atoms with Crippen LogP contribution in [-0.4, -0.2) is 51.9 Å². The van der Waals surface area contributed by atoms with Gasteiger partial charge in [0, 0.05) is 49.6 Å². The van der Waals surface area contributed by atoms with Crippen LogP contribution in [0.5, 0.6) is 0 Å². The molecule has 39 heavy (non-hydrogen) atoms. The minimum atomic E-state index is -0.553. The third-order valence-electron chi connectivity index (χ3n) is 7.86. The highest BCUT2D eigenvalue weighted by Gasteiger charge is 2.45. The molecule has 3 aromatic heterocycles. The molecule has 2 bridgehead atoms. The number of carbonyl (C=O) groups excluding carboxylic acids is 2. The number of amides is 2. The van der Waals surface area contributed by atoms with Crippen molar-refractivity contribution in [1.82, 2.24) is 15.0 Å². The largest absolute Gasteiger partial charge is 0.381 e. The number of nitriles is 1. The first-order valence-electron chi connectivity index (χ1n) is 13.2. The van der Waals surface area contributed by atoms with E-state index in [0.717, 1.165) is 56.7 Å². The minimum Gasteiger partial charge on any atom is -0.381 e. The monoisotopic (exact) mass is 523 g/mol. The Hall–Kier alpha value is -4.72. The first-order chi connectivity index (χ1) is 19.0. The Labute approximate surface area is 226 Å². The number of pyridine rings is 3. The topological polar surface area (TPSA) is 153 Å². The quantitative estimate of drug-likeness (QED) is 0.424. The summed E-state index contributed by atoms with van der Waals surface area (Å²) in [4.78, 5) is 42.0. The van der Waals surface area contributed by atoms with E-state index in [1.165, 1.54) is 6.20 Å². The fourth-order valence-corrected chi connectivity index (χ4v) is 5.82. The summed E-state index contributed by atoms with van der Waals surface area (Å²) in [6.45, 7) is 1.58. The second kappa shape index (κ2) is 10.2. The normalized spacial score (nSPS) is 20.6. The predicted molar refractivity (Wildman–Crippen MR) is 147 cm³/mol. The lowest BCUT2D eigenvalue weighted by Gasteiger charge is -2.34. The summed E-state index contributed by atoms with van der Waals surface area (Å²) in [7, 11) is 0. The van der Waals surface area contributed by atoms with Gasteiger partial charge in [-0.3, -0.25) is 9.59 Å². The predicted octanol–water partition coefficient (Wildman–Crippen LogP) is 3.18. The fourth-order valence-electron chi connectivity index (χ4n) is 5.82. The van der Waals surface area contributed by atoms with Gasteiger partial charge < -0.3 is 26.2 Å². The number of hydrogen-bond donors (Lipinski definition) is 3. The van der Waals surface area contributed by atoms with Crippen molar-refractivity contribution < 1.29 is 9.59 Å². The van der Waals surface area contributed by atoms with Crippen LogP contribution in [-0.2, 0) is 4.79 Å². The smallest absolute Gasteiger partial charge is 0.252 e. The maximum absolute atomic E-state index is 12.6. The van der Waals surface area contributed by atoms with Gasteiger partial charge in [0.15, 0.2) is 0 Å². The highest BCUT2D eigenvalue weighted by molar-refractivity contribution is 5.99. The third-order valence-corrected chi connectivity index (χ3v) is 7.86. The number of nitrogens with one attached hydrogen (secondary N) is 2. The van der Waals surface area contributed by atoms with Crippen LogP contribution >= 0.6 is 0 Å². The number of primary amides is 1. The number of anilines is 5. The Morgan fingerprint density at radius 3 is 2.46 bits per heavy atom. The standard InChI is InChI=1S/C28H29N9O2/c29-13-17-1-6-26(33-14-17)36-9-7-19(8-10-36)34-23-12-25(32-16-22(23)27(30)38)35-24-5-4-21(15-31-24)37-20-3-2-18(11-20)28(37)39/h1,4-6,12,14-16,18-20H,2-3,7-11H2,(H2,30,38)(H2,31,32,34,35)/t18-,20+/m1/s1. The van der Waals surface area contributed by atoms with Gasteiger partial charge in [0.1, 0.15) is 23.5 Å². The van der Waals surface area contributed by atoms with Crippen LogP contribution in [0.15, 0.2) is 48.9 Å². The van der Waals surface area contributed by atoms with Crippen LogP contribution < -0.4 is 26.2 Å². The number of fused-ring (bicyclic) bond motifs is 2. The highest BCUT2D eigenvalue weighted by Crippen LogP contribution is 2.41. The van der Waals surface area contributed by atoms with Crippen LogP contribution in [0.4, 0.5) is 28.8 Å². The van der Waals surface area contributed by atoms with E-state index in [1.807, 2.05) is 23.1 Å². The molecule has 3 fully saturated rings. The van der Waals surface area contributed by atoms with E-state index in [-0.39, 0.29) is 23.9 Å². The van der Waals surface area contributed by atoms with Gasteiger partial charge in [-0.25, -0.2) is 15.0 Å². The average molecular weight is 524 g/mol.